The SMILES string of the molecule is NC1C=C(CCCc2ccccc2)CC1. The first-order chi connectivity index (χ1) is 7.34. The number of nitrogens with two attached hydrogens (primary N) is 1. The lowest BCUT2D eigenvalue weighted by Gasteiger charge is -2.02. The molecule has 0 heterocycles. The van der Waals surface area contributed by atoms with E-state index in [0.717, 1.165) is 6.42 Å². The van der Waals surface area contributed by atoms with E-state index in [0.29, 0.717) is 6.04 Å². The van der Waals surface area contributed by atoms with Crippen LogP contribution < -0.4 is 5.73 Å². The minimum Gasteiger partial charge on any atom is -0.324 e. The Balaban J connectivity index is 1.74. The van der Waals surface area contributed by atoms with E-state index in [1.807, 2.05) is 0 Å². The van der Waals surface area contributed by atoms with Crippen LogP contribution in [0.5, 0.6) is 0 Å². The highest BCUT2D eigenvalue weighted by Crippen LogP contribution is 2.22. The predicted octanol–water partition coefficient (Wildman–Crippen LogP) is 3.06. The van der Waals surface area contributed by atoms with Gasteiger partial charge in [0.25, 0.3) is 0 Å². The van der Waals surface area contributed by atoms with Gasteiger partial charge in [-0.3, -0.25) is 0 Å². The number of hydrogen-bond acceptors (Lipinski definition) is 1. The third kappa shape index (κ3) is 3.21. The molecule has 1 aliphatic rings. The molecule has 1 nitrogen and oxygen atoms in total. The van der Waals surface area contributed by atoms with Gasteiger partial charge in [-0.25, -0.2) is 0 Å². The molecular weight excluding hydrogens is 182 g/mol. The molecule has 0 aromatic heterocycles. The molecule has 2 N–H and O–H groups in total. The maximum atomic E-state index is 5.83. The number of rotatable bonds is 4. The van der Waals surface area contributed by atoms with Crippen molar-refractivity contribution < 1.29 is 0 Å². The molecule has 80 valence electrons. The third-order valence-electron chi connectivity index (χ3n) is 3.05. The van der Waals surface area contributed by atoms with Gasteiger partial charge in [-0.05, 0) is 37.7 Å². The zero-order valence-corrected chi connectivity index (χ0v) is 9.15. The molecule has 0 fully saturated rings. The minimum absolute atomic E-state index is 0.330. The molecule has 1 aromatic carbocycles. The van der Waals surface area contributed by atoms with E-state index in [9.17, 15) is 0 Å². The van der Waals surface area contributed by atoms with E-state index in [1.54, 1.807) is 5.57 Å². The van der Waals surface area contributed by atoms with Crippen LogP contribution in [0.25, 0.3) is 0 Å². The lowest BCUT2D eigenvalue weighted by atomic mass is 10.0. The first-order valence-electron chi connectivity index (χ1n) is 5.83. The van der Waals surface area contributed by atoms with E-state index < -0.39 is 0 Å². The molecule has 0 bridgehead atoms. The Morgan fingerprint density at radius 3 is 2.60 bits per heavy atom. The molecule has 0 radical (unpaired) electrons. The summed E-state index contributed by atoms with van der Waals surface area (Å²) in [7, 11) is 0. The number of aryl methyl sites for hydroxylation is 1. The van der Waals surface area contributed by atoms with E-state index in [-0.39, 0.29) is 0 Å². The van der Waals surface area contributed by atoms with Gasteiger partial charge in [0.2, 0.25) is 0 Å². The fraction of sp³-hybridized carbons (Fsp3) is 0.429. The third-order valence-corrected chi connectivity index (χ3v) is 3.05. The second kappa shape index (κ2) is 5.13. The highest BCUT2D eigenvalue weighted by Gasteiger charge is 2.10. The quantitative estimate of drug-likeness (QED) is 0.744. The van der Waals surface area contributed by atoms with Crippen LogP contribution in [0.3, 0.4) is 0 Å². The standard InChI is InChI=1S/C14H19N/c15-14-10-9-13(11-14)8-4-7-12-5-2-1-3-6-12/h1-3,5-6,11,14H,4,7-10,15H2. The molecule has 1 aromatic rings. The Bertz CT molecular complexity index is 326. The Morgan fingerprint density at radius 2 is 1.93 bits per heavy atom. The molecule has 1 unspecified atom stereocenters. The summed E-state index contributed by atoms with van der Waals surface area (Å²) in [5.74, 6) is 0. The van der Waals surface area contributed by atoms with Crippen LogP contribution in [-0.2, 0) is 6.42 Å². The lowest BCUT2D eigenvalue weighted by molar-refractivity contribution is 0.745. The van der Waals surface area contributed by atoms with Gasteiger partial charge < -0.3 is 5.73 Å². The first-order valence-corrected chi connectivity index (χ1v) is 5.83. The second-order valence-electron chi connectivity index (χ2n) is 4.37. The fourth-order valence-corrected chi connectivity index (χ4v) is 2.19. The topological polar surface area (TPSA) is 26.0 Å². The van der Waals surface area contributed by atoms with Crippen LogP contribution in [0.2, 0.25) is 0 Å². The molecular formula is C14H19N. The van der Waals surface area contributed by atoms with Crippen LogP contribution in [0.1, 0.15) is 31.2 Å². The van der Waals surface area contributed by atoms with Gasteiger partial charge in [-0.2, -0.15) is 0 Å². The van der Waals surface area contributed by atoms with Crippen molar-refractivity contribution in [3.8, 4) is 0 Å². The van der Waals surface area contributed by atoms with Gasteiger partial charge >= 0.3 is 0 Å². The van der Waals surface area contributed by atoms with Crippen LogP contribution in [0.15, 0.2) is 42.0 Å². The van der Waals surface area contributed by atoms with Crippen LogP contribution >= 0.6 is 0 Å². The monoisotopic (exact) mass is 201 g/mol. The Kier molecular flexibility index (Phi) is 3.57. The van der Waals surface area contributed by atoms with Crippen molar-refractivity contribution in [2.45, 2.75) is 38.1 Å². The van der Waals surface area contributed by atoms with E-state index in [1.165, 1.54) is 31.2 Å². The summed E-state index contributed by atoms with van der Waals surface area (Å²) in [5, 5.41) is 0. The molecule has 1 aliphatic carbocycles. The molecule has 0 saturated heterocycles. The average molecular weight is 201 g/mol. The summed E-state index contributed by atoms with van der Waals surface area (Å²) < 4.78 is 0. The number of hydrogen-bond donors (Lipinski definition) is 1. The zero-order chi connectivity index (χ0) is 10.5. The summed E-state index contributed by atoms with van der Waals surface area (Å²) >= 11 is 0. The van der Waals surface area contributed by atoms with Gasteiger partial charge in [0, 0.05) is 6.04 Å². The maximum Gasteiger partial charge on any atom is 0.0229 e. The van der Waals surface area contributed by atoms with Crippen LogP contribution in [0.4, 0.5) is 0 Å². The summed E-state index contributed by atoms with van der Waals surface area (Å²) in [5.41, 5.74) is 8.84. The van der Waals surface area contributed by atoms with Crippen molar-refractivity contribution in [3.63, 3.8) is 0 Å². The molecule has 15 heavy (non-hydrogen) atoms. The molecule has 1 heteroatoms. The van der Waals surface area contributed by atoms with E-state index in [4.69, 9.17) is 5.73 Å². The summed E-state index contributed by atoms with van der Waals surface area (Å²) in [6.07, 6.45) is 8.29. The molecule has 0 amide bonds. The maximum absolute atomic E-state index is 5.83. The average Bonchev–Trinajstić information content (AvgIpc) is 2.66. The van der Waals surface area contributed by atoms with Gasteiger partial charge in [0.1, 0.15) is 0 Å². The molecule has 1 atom stereocenters. The Labute approximate surface area is 92.0 Å². The van der Waals surface area contributed by atoms with Crippen LogP contribution in [-0.4, -0.2) is 6.04 Å². The largest absolute Gasteiger partial charge is 0.324 e. The van der Waals surface area contributed by atoms with Gasteiger partial charge in [-0.1, -0.05) is 42.0 Å². The predicted molar refractivity (Wildman–Crippen MR) is 64.7 cm³/mol. The van der Waals surface area contributed by atoms with Crippen molar-refractivity contribution >= 4 is 0 Å². The molecule has 0 saturated carbocycles. The number of allylic oxidation sites excluding steroid dienone is 1. The molecule has 0 spiro atoms. The second-order valence-corrected chi connectivity index (χ2v) is 4.37. The van der Waals surface area contributed by atoms with Crippen molar-refractivity contribution in [1.29, 1.82) is 0 Å². The van der Waals surface area contributed by atoms with Gasteiger partial charge in [-0.15, -0.1) is 0 Å². The Hall–Kier alpha value is -1.08. The van der Waals surface area contributed by atoms with Gasteiger partial charge in [0.05, 0.1) is 0 Å². The minimum atomic E-state index is 0.330. The van der Waals surface area contributed by atoms with E-state index in [2.05, 4.69) is 36.4 Å². The van der Waals surface area contributed by atoms with Crippen molar-refractivity contribution in [2.75, 3.05) is 0 Å². The normalized spacial score (nSPS) is 20.3. The van der Waals surface area contributed by atoms with Crippen molar-refractivity contribution in [1.82, 2.24) is 0 Å². The van der Waals surface area contributed by atoms with Gasteiger partial charge in [0.15, 0.2) is 0 Å². The Morgan fingerprint density at radius 1 is 1.13 bits per heavy atom. The summed E-state index contributed by atoms with van der Waals surface area (Å²) in [4.78, 5) is 0. The molecule has 0 aliphatic heterocycles. The summed E-state index contributed by atoms with van der Waals surface area (Å²) in [6, 6.07) is 11.0. The highest BCUT2D eigenvalue weighted by atomic mass is 14.6. The highest BCUT2D eigenvalue weighted by molar-refractivity contribution is 5.16. The van der Waals surface area contributed by atoms with Crippen molar-refractivity contribution in [3.05, 3.63) is 47.5 Å². The van der Waals surface area contributed by atoms with Crippen molar-refractivity contribution in [2.24, 2.45) is 5.73 Å². The number of benzene rings is 1. The summed E-state index contributed by atoms with van der Waals surface area (Å²) in [6.45, 7) is 0. The van der Waals surface area contributed by atoms with E-state index >= 15 is 0 Å². The first kappa shape index (κ1) is 10.4. The smallest absolute Gasteiger partial charge is 0.0229 e. The lowest BCUT2D eigenvalue weighted by Crippen LogP contribution is -2.11. The zero-order valence-electron chi connectivity index (χ0n) is 9.15. The van der Waals surface area contributed by atoms with Crippen LogP contribution in [0, 0.1) is 0 Å². The fourth-order valence-electron chi connectivity index (χ4n) is 2.19. The molecule has 2 rings (SSSR count).